The molecule has 0 unspecified atom stereocenters. The summed E-state index contributed by atoms with van der Waals surface area (Å²) >= 11 is 11.7. The molecule has 0 amide bonds. The summed E-state index contributed by atoms with van der Waals surface area (Å²) in [6.07, 6.45) is 0. The van der Waals surface area contributed by atoms with Crippen LogP contribution in [-0.4, -0.2) is 10.1 Å². The molecule has 5 heteroatoms. The van der Waals surface area contributed by atoms with Crippen molar-refractivity contribution < 1.29 is 9.84 Å². The molecular formula is C12H9Cl2NO2. The van der Waals surface area contributed by atoms with E-state index < -0.39 is 0 Å². The molecule has 0 aliphatic heterocycles. The van der Waals surface area contributed by atoms with Gasteiger partial charge in [-0.15, -0.1) is 0 Å². The quantitative estimate of drug-likeness (QED) is 0.925. The van der Waals surface area contributed by atoms with Crippen molar-refractivity contribution in [3.63, 3.8) is 0 Å². The van der Waals surface area contributed by atoms with Crippen molar-refractivity contribution in [1.82, 2.24) is 4.98 Å². The van der Waals surface area contributed by atoms with E-state index in [0.29, 0.717) is 27.4 Å². The predicted octanol–water partition coefficient (Wildman–Crippen LogP) is 3.67. The van der Waals surface area contributed by atoms with Gasteiger partial charge in [-0.25, -0.2) is 4.98 Å². The molecule has 0 aliphatic rings. The molecule has 2 rings (SSSR count). The fourth-order valence-corrected chi connectivity index (χ4v) is 1.72. The maximum absolute atomic E-state index is 8.96. The van der Waals surface area contributed by atoms with Crippen molar-refractivity contribution in [2.45, 2.75) is 6.61 Å². The molecule has 1 aromatic carbocycles. The number of ether oxygens (including phenoxy) is 1. The zero-order valence-corrected chi connectivity index (χ0v) is 10.2. The van der Waals surface area contributed by atoms with Crippen LogP contribution >= 0.6 is 23.2 Å². The Hall–Kier alpha value is -1.29. The largest absolute Gasteiger partial charge is 0.437 e. The molecule has 1 aromatic heterocycles. The first-order valence-electron chi connectivity index (χ1n) is 4.89. The van der Waals surface area contributed by atoms with Crippen LogP contribution in [0.15, 0.2) is 36.4 Å². The minimum atomic E-state index is -0.133. The number of benzene rings is 1. The van der Waals surface area contributed by atoms with Crippen LogP contribution in [-0.2, 0) is 6.61 Å². The average molecular weight is 270 g/mol. The van der Waals surface area contributed by atoms with Gasteiger partial charge in [0, 0.05) is 11.1 Å². The Morgan fingerprint density at radius 3 is 2.71 bits per heavy atom. The van der Waals surface area contributed by atoms with Gasteiger partial charge in [-0.2, -0.15) is 0 Å². The van der Waals surface area contributed by atoms with Gasteiger partial charge in [0.15, 0.2) is 0 Å². The molecule has 0 saturated carbocycles. The van der Waals surface area contributed by atoms with E-state index in [1.54, 1.807) is 36.4 Å². The van der Waals surface area contributed by atoms with Crippen molar-refractivity contribution in [3.8, 4) is 11.6 Å². The Balaban J connectivity index is 2.25. The van der Waals surface area contributed by atoms with Gasteiger partial charge >= 0.3 is 0 Å². The Kier molecular flexibility index (Phi) is 3.84. The fraction of sp³-hybridized carbons (Fsp3) is 0.0833. The molecule has 1 heterocycles. The molecule has 3 nitrogen and oxygen atoms in total. The third-order valence-corrected chi connectivity index (χ3v) is 2.58. The van der Waals surface area contributed by atoms with Gasteiger partial charge in [0.2, 0.25) is 5.88 Å². The third kappa shape index (κ3) is 3.09. The lowest BCUT2D eigenvalue weighted by Gasteiger charge is -2.07. The van der Waals surface area contributed by atoms with Crippen molar-refractivity contribution in [1.29, 1.82) is 0 Å². The van der Waals surface area contributed by atoms with E-state index in [9.17, 15) is 0 Å². The Morgan fingerprint density at radius 2 is 2.00 bits per heavy atom. The fourth-order valence-electron chi connectivity index (χ4n) is 1.27. The number of aliphatic hydroxyl groups excluding tert-OH is 1. The molecule has 1 N–H and O–H groups in total. The van der Waals surface area contributed by atoms with Crippen molar-refractivity contribution in [3.05, 3.63) is 52.1 Å². The summed E-state index contributed by atoms with van der Waals surface area (Å²) in [5.74, 6) is 0.847. The molecule has 0 saturated heterocycles. The lowest BCUT2D eigenvalue weighted by atomic mass is 10.3. The van der Waals surface area contributed by atoms with Crippen molar-refractivity contribution >= 4 is 23.2 Å². The van der Waals surface area contributed by atoms with E-state index in [-0.39, 0.29) is 6.61 Å². The summed E-state index contributed by atoms with van der Waals surface area (Å²) in [4.78, 5) is 4.09. The standard InChI is InChI=1S/C12H9Cl2NO2/c13-8-4-5-11(10(14)6-8)17-12-3-1-2-9(7-16)15-12/h1-6,16H,7H2. The highest BCUT2D eigenvalue weighted by atomic mass is 35.5. The smallest absolute Gasteiger partial charge is 0.219 e. The molecule has 2 aromatic rings. The summed E-state index contributed by atoms with van der Waals surface area (Å²) in [5, 5.41) is 9.91. The van der Waals surface area contributed by atoms with E-state index in [1.165, 1.54) is 0 Å². The lowest BCUT2D eigenvalue weighted by Crippen LogP contribution is -1.93. The molecular weight excluding hydrogens is 261 g/mol. The normalized spacial score (nSPS) is 10.3. The average Bonchev–Trinajstić information content (AvgIpc) is 2.33. The number of hydrogen-bond acceptors (Lipinski definition) is 3. The lowest BCUT2D eigenvalue weighted by molar-refractivity contribution is 0.275. The number of hydrogen-bond donors (Lipinski definition) is 1. The van der Waals surface area contributed by atoms with Crippen LogP contribution in [0.5, 0.6) is 11.6 Å². The zero-order valence-electron chi connectivity index (χ0n) is 8.73. The zero-order chi connectivity index (χ0) is 12.3. The first kappa shape index (κ1) is 12.2. The number of aliphatic hydroxyl groups is 1. The predicted molar refractivity (Wildman–Crippen MR) is 66.7 cm³/mol. The van der Waals surface area contributed by atoms with E-state index in [1.807, 2.05) is 0 Å². The highest BCUT2D eigenvalue weighted by Gasteiger charge is 2.05. The van der Waals surface area contributed by atoms with Gasteiger partial charge in [0.05, 0.1) is 17.3 Å². The summed E-state index contributed by atoms with van der Waals surface area (Å²) in [5.41, 5.74) is 0.535. The number of pyridine rings is 1. The number of nitrogens with zero attached hydrogens (tertiary/aromatic N) is 1. The van der Waals surface area contributed by atoms with Crippen LogP contribution in [0, 0.1) is 0 Å². The van der Waals surface area contributed by atoms with Gasteiger partial charge in [-0.1, -0.05) is 29.3 Å². The van der Waals surface area contributed by atoms with Gasteiger partial charge < -0.3 is 9.84 Å². The molecule has 0 atom stereocenters. The van der Waals surface area contributed by atoms with Crippen LogP contribution in [0.1, 0.15) is 5.69 Å². The summed E-state index contributed by atoms with van der Waals surface area (Å²) in [6, 6.07) is 10.1. The first-order valence-corrected chi connectivity index (χ1v) is 5.64. The summed E-state index contributed by atoms with van der Waals surface area (Å²) in [6.45, 7) is -0.133. The monoisotopic (exact) mass is 269 g/mol. The summed E-state index contributed by atoms with van der Waals surface area (Å²) in [7, 11) is 0. The third-order valence-electron chi connectivity index (χ3n) is 2.05. The highest BCUT2D eigenvalue weighted by Crippen LogP contribution is 2.30. The van der Waals surface area contributed by atoms with Gasteiger partial charge in [-0.3, -0.25) is 0 Å². The Morgan fingerprint density at radius 1 is 1.18 bits per heavy atom. The Bertz CT molecular complexity index is 532. The van der Waals surface area contributed by atoms with Gasteiger partial charge in [0.25, 0.3) is 0 Å². The molecule has 0 aliphatic carbocycles. The van der Waals surface area contributed by atoms with Crippen molar-refractivity contribution in [2.24, 2.45) is 0 Å². The second kappa shape index (κ2) is 5.36. The number of rotatable bonds is 3. The molecule has 0 fully saturated rings. The summed E-state index contributed by atoms with van der Waals surface area (Å²) < 4.78 is 5.49. The SMILES string of the molecule is OCc1cccc(Oc2ccc(Cl)cc2Cl)n1. The second-order valence-corrected chi connectivity index (χ2v) is 4.15. The molecule has 17 heavy (non-hydrogen) atoms. The molecule has 0 radical (unpaired) electrons. The Labute approximate surface area is 109 Å². The minimum absolute atomic E-state index is 0.133. The van der Waals surface area contributed by atoms with Gasteiger partial charge in [-0.05, 0) is 24.3 Å². The van der Waals surface area contributed by atoms with E-state index in [2.05, 4.69) is 4.98 Å². The van der Waals surface area contributed by atoms with E-state index >= 15 is 0 Å². The number of aromatic nitrogens is 1. The first-order chi connectivity index (χ1) is 8.19. The van der Waals surface area contributed by atoms with Crippen molar-refractivity contribution in [2.75, 3.05) is 0 Å². The maximum Gasteiger partial charge on any atom is 0.219 e. The minimum Gasteiger partial charge on any atom is -0.437 e. The van der Waals surface area contributed by atoms with Crippen LogP contribution in [0.3, 0.4) is 0 Å². The molecule has 88 valence electrons. The van der Waals surface area contributed by atoms with E-state index in [0.717, 1.165) is 0 Å². The van der Waals surface area contributed by atoms with Crippen LogP contribution in [0.25, 0.3) is 0 Å². The number of halogens is 2. The van der Waals surface area contributed by atoms with E-state index in [4.69, 9.17) is 33.0 Å². The topological polar surface area (TPSA) is 42.4 Å². The van der Waals surface area contributed by atoms with Crippen LogP contribution in [0.4, 0.5) is 0 Å². The second-order valence-electron chi connectivity index (χ2n) is 3.30. The van der Waals surface area contributed by atoms with Crippen LogP contribution < -0.4 is 4.74 Å². The maximum atomic E-state index is 8.96. The highest BCUT2D eigenvalue weighted by molar-refractivity contribution is 6.35. The van der Waals surface area contributed by atoms with Crippen LogP contribution in [0.2, 0.25) is 10.0 Å². The molecule has 0 bridgehead atoms. The van der Waals surface area contributed by atoms with Gasteiger partial charge in [0.1, 0.15) is 5.75 Å². The molecule has 0 spiro atoms.